The summed E-state index contributed by atoms with van der Waals surface area (Å²) in [6.45, 7) is 9.13. The number of aliphatic hydroxyl groups excluding tert-OH is 1. The van der Waals surface area contributed by atoms with Gasteiger partial charge in [0, 0.05) is 41.1 Å². The van der Waals surface area contributed by atoms with Gasteiger partial charge >= 0.3 is 0 Å². The van der Waals surface area contributed by atoms with Crippen molar-refractivity contribution in [2.45, 2.75) is 120 Å². The molecule has 292 valence electrons. The van der Waals surface area contributed by atoms with E-state index < -0.39 is 33.0 Å². The zero-order valence-corrected chi connectivity index (χ0v) is 34.4. The largest absolute Gasteiger partial charge is 0.393 e. The molecule has 4 bridgehead atoms. The van der Waals surface area contributed by atoms with Gasteiger partial charge in [-0.25, -0.2) is 12.8 Å². The van der Waals surface area contributed by atoms with Gasteiger partial charge in [-0.15, -0.1) is 11.3 Å². The molecule has 0 saturated heterocycles. The van der Waals surface area contributed by atoms with Gasteiger partial charge in [0.15, 0.2) is 5.78 Å². The average molecular weight is 797 g/mol. The molecule has 6 aliphatic carbocycles. The number of thiophene rings is 1. The fourth-order valence-electron chi connectivity index (χ4n) is 10.7. The molecular weight excluding hydrogens is 741 g/mol. The van der Waals surface area contributed by atoms with Crippen molar-refractivity contribution in [3.05, 3.63) is 98.7 Å². The van der Waals surface area contributed by atoms with Crippen LogP contribution in [0.15, 0.2) is 69.8 Å². The number of carbonyl (C=O) groups is 1. The fraction of sp³-hybridized carbons (Fsp3) is 0.568. The van der Waals surface area contributed by atoms with Crippen LogP contribution in [0.4, 0.5) is 4.39 Å². The number of fused-ring (bicyclic) bond motifs is 10. The Hall–Kier alpha value is -2.40. The second-order valence-corrected chi connectivity index (χ2v) is 21.2. The maximum absolute atomic E-state index is 15.0. The molecule has 1 heterocycles. The van der Waals surface area contributed by atoms with Crippen LogP contribution in [0.1, 0.15) is 118 Å². The number of carbonyl (C=O) groups excluding carboxylic acids is 1. The minimum Gasteiger partial charge on any atom is -0.393 e. The molecule has 0 amide bonds. The monoisotopic (exact) mass is 795 g/mol. The maximum atomic E-state index is 15.0. The molecule has 10 heteroatoms. The molecule has 6 nitrogen and oxygen atoms in total. The number of nitrogens with zero attached hydrogens (tertiary/aromatic N) is 1. The second-order valence-electron chi connectivity index (χ2n) is 17.7. The third kappa shape index (κ3) is 7.31. The summed E-state index contributed by atoms with van der Waals surface area (Å²) < 4.78 is 46.1. The predicted octanol–water partition coefficient (Wildman–Crippen LogP) is 9.77. The van der Waals surface area contributed by atoms with Gasteiger partial charge in [-0.1, -0.05) is 68.3 Å². The van der Waals surface area contributed by atoms with E-state index in [2.05, 4.69) is 33.8 Å². The zero-order valence-electron chi connectivity index (χ0n) is 32.0. The molecule has 0 radical (unpaired) electrons. The lowest BCUT2D eigenvalue weighted by atomic mass is 9.45. The molecule has 0 spiro atoms. The minimum absolute atomic E-state index is 0.0333. The Labute approximate surface area is 329 Å². The first-order valence-electron chi connectivity index (χ1n) is 19.7. The summed E-state index contributed by atoms with van der Waals surface area (Å²) in [5.74, 6) is 0.214. The van der Waals surface area contributed by atoms with Gasteiger partial charge in [0.2, 0.25) is 0 Å². The number of rotatable bonds is 9. The molecule has 4 fully saturated rings. The van der Waals surface area contributed by atoms with E-state index in [9.17, 15) is 23.4 Å². The molecule has 4 saturated carbocycles. The zero-order chi connectivity index (χ0) is 38.6. The quantitative estimate of drug-likeness (QED) is 0.166. The molecule has 0 unspecified atom stereocenters. The van der Waals surface area contributed by atoms with E-state index in [-0.39, 0.29) is 50.8 Å². The van der Waals surface area contributed by atoms with Gasteiger partial charge in [0.25, 0.3) is 10.0 Å². The van der Waals surface area contributed by atoms with E-state index in [4.69, 9.17) is 11.6 Å². The maximum Gasteiger partial charge on any atom is 0.252 e. The van der Waals surface area contributed by atoms with Gasteiger partial charge < -0.3 is 10.2 Å². The van der Waals surface area contributed by atoms with Gasteiger partial charge in [0.05, 0.1) is 11.7 Å². The Morgan fingerprint density at radius 2 is 1.85 bits per heavy atom. The van der Waals surface area contributed by atoms with E-state index in [0.29, 0.717) is 68.9 Å². The van der Waals surface area contributed by atoms with Crippen molar-refractivity contribution in [2.24, 2.45) is 28.6 Å². The lowest BCUT2D eigenvalue weighted by Crippen LogP contribution is -2.58. The Morgan fingerprint density at radius 1 is 1.06 bits per heavy atom. The van der Waals surface area contributed by atoms with Crippen molar-refractivity contribution < 1.29 is 27.8 Å². The van der Waals surface area contributed by atoms with Crippen LogP contribution in [0.25, 0.3) is 0 Å². The van der Waals surface area contributed by atoms with Crippen molar-refractivity contribution >= 4 is 38.7 Å². The molecule has 9 rings (SSSR count). The van der Waals surface area contributed by atoms with Crippen LogP contribution in [0, 0.1) is 34.4 Å². The Balaban J connectivity index is 1.30. The van der Waals surface area contributed by atoms with Gasteiger partial charge in [-0.2, -0.15) is 4.31 Å². The van der Waals surface area contributed by atoms with Crippen molar-refractivity contribution in [3.8, 4) is 0 Å². The number of ketones is 1. The average Bonchev–Trinajstić information content (AvgIpc) is 3.76. The summed E-state index contributed by atoms with van der Waals surface area (Å²) >= 11 is 7.62. The minimum atomic E-state index is -3.91. The number of hydrogen-bond donors (Lipinski definition) is 2. The molecular formula is C44H55ClFNO5S2. The van der Waals surface area contributed by atoms with Crippen molar-refractivity contribution in [1.29, 1.82) is 0 Å². The first kappa shape index (κ1) is 39.8. The number of benzene rings is 2. The second kappa shape index (κ2) is 15.2. The van der Waals surface area contributed by atoms with Crippen LogP contribution in [0.5, 0.6) is 0 Å². The Morgan fingerprint density at radius 3 is 2.56 bits per heavy atom. The highest BCUT2D eigenvalue weighted by Gasteiger charge is 2.59. The Kier molecular flexibility index (Phi) is 11.2. The highest BCUT2D eigenvalue weighted by Crippen LogP contribution is 2.62. The molecule has 2 aromatic carbocycles. The van der Waals surface area contributed by atoms with E-state index in [1.807, 2.05) is 18.2 Å². The molecule has 3 aromatic rings. The topological polar surface area (TPSA) is 94.9 Å². The lowest BCUT2D eigenvalue weighted by molar-refractivity contribution is -0.114. The smallest absolute Gasteiger partial charge is 0.252 e. The SMILES string of the molecule is CC1=CCC[C@@]2(C)[C@@H](CC[C@@]2(O)CN(C[C@@H]2CC[C@H]3C[C@@H]2C3(C)C)S(=O)(=O)c2cccs2)c2ccc(cc2C(=O)Cc2c(F)cccc2Cl)C[C@@H](O)CC1. The molecule has 0 aliphatic heterocycles. The van der Waals surface area contributed by atoms with Crippen LogP contribution in [0.3, 0.4) is 0 Å². The summed E-state index contributed by atoms with van der Waals surface area (Å²) in [7, 11) is -3.91. The van der Waals surface area contributed by atoms with Crippen LogP contribution in [-0.2, 0) is 22.9 Å². The van der Waals surface area contributed by atoms with E-state index in [0.717, 1.165) is 30.4 Å². The van der Waals surface area contributed by atoms with E-state index in [1.54, 1.807) is 27.9 Å². The van der Waals surface area contributed by atoms with E-state index in [1.165, 1.54) is 29.0 Å². The standard InChI is InChI=1S/C44H55ClFNO5S2/c1-28-8-6-19-43(4)36(33-17-13-29(22-32(48)16-12-28)23-34(33)40(49)25-35-38(45)9-5-10-39(35)46)18-20-44(43,50)27-47(54(51,52)41-11-7-21-53-41)26-30-14-15-31-24-37(30)42(31,2)3/h5,7-11,13,17,21,23,30-32,36-37,48,50H,6,12,14-16,18-20,22,24-27H2,1-4H3/t30-,31-,32-,36-,37-,43-,44+/m0/s1. The van der Waals surface area contributed by atoms with E-state index >= 15 is 4.39 Å². The normalized spacial score (nSPS) is 31.1. The van der Waals surface area contributed by atoms with Gasteiger partial charge in [-0.05, 0) is 141 Å². The summed E-state index contributed by atoms with van der Waals surface area (Å²) in [6, 6.07) is 13.6. The molecule has 7 atom stereocenters. The number of hydrogen-bond acceptors (Lipinski definition) is 6. The Bertz CT molecular complexity index is 1990. The lowest BCUT2D eigenvalue weighted by Gasteiger charge is -2.60. The van der Waals surface area contributed by atoms with Crippen molar-refractivity contribution in [3.63, 3.8) is 0 Å². The first-order chi connectivity index (χ1) is 25.5. The summed E-state index contributed by atoms with van der Waals surface area (Å²) in [5.41, 5.74) is 1.27. The molecule has 1 aromatic heterocycles. The highest BCUT2D eigenvalue weighted by atomic mass is 35.5. The number of sulfonamides is 1. The number of Topliss-reactive ketones (excluding diaryl/α,β-unsaturated/α-hetero) is 1. The van der Waals surface area contributed by atoms with Crippen LogP contribution < -0.4 is 0 Å². The van der Waals surface area contributed by atoms with Crippen LogP contribution in [0.2, 0.25) is 5.02 Å². The number of allylic oxidation sites excluding steroid dienone is 2. The molecule has 6 aliphatic rings. The predicted molar refractivity (Wildman–Crippen MR) is 214 cm³/mol. The summed E-state index contributed by atoms with van der Waals surface area (Å²) in [5, 5.41) is 26.1. The van der Waals surface area contributed by atoms with Crippen LogP contribution >= 0.6 is 22.9 Å². The number of aliphatic hydroxyl groups is 2. The van der Waals surface area contributed by atoms with Crippen LogP contribution in [-0.4, -0.2) is 53.5 Å². The van der Waals surface area contributed by atoms with Crippen molar-refractivity contribution in [2.75, 3.05) is 13.1 Å². The summed E-state index contributed by atoms with van der Waals surface area (Å²) in [6.07, 6.45) is 8.35. The first-order valence-corrected chi connectivity index (χ1v) is 22.4. The third-order valence-corrected chi connectivity index (χ3v) is 17.9. The van der Waals surface area contributed by atoms with Gasteiger partial charge in [-0.3, -0.25) is 4.79 Å². The highest BCUT2D eigenvalue weighted by molar-refractivity contribution is 7.91. The molecule has 2 N–H and O–H groups in total. The fourth-order valence-corrected chi connectivity index (χ4v) is 13.6. The molecule has 54 heavy (non-hydrogen) atoms. The third-order valence-electron chi connectivity index (χ3n) is 14.3. The summed E-state index contributed by atoms with van der Waals surface area (Å²) in [4.78, 5) is 14.3. The number of halogens is 2. The van der Waals surface area contributed by atoms with Gasteiger partial charge in [0.1, 0.15) is 10.0 Å². The van der Waals surface area contributed by atoms with Crippen molar-refractivity contribution in [1.82, 2.24) is 4.31 Å².